The summed E-state index contributed by atoms with van der Waals surface area (Å²) in [6.45, 7) is 0.375. The lowest BCUT2D eigenvalue weighted by Crippen LogP contribution is -2.38. The van der Waals surface area contributed by atoms with E-state index in [0.29, 0.717) is 6.54 Å². The molecule has 0 aliphatic carbocycles. The number of carbonyl (C=O) groups is 1. The second kappa shape index (κ2) is 3.64. The van der Waals surface area contributed by atoms with Gasteiger partial charge >= 0.3 is 5.97 Å². The number of fused-ring (bicyclic) bond motifs is 1. The molecule has 0 aromatic carbocycles. The number of nitrogens with zero attached hydrogens (tertiary/aromatic N) is 4. The van der Waals surface area contributed by atoms with Gasteiger partial charge in [-0.05, 0) is 0 Å². The minimum absolute atomic E-state index is 0.0729. The summed E-state index contributed by atoms with van der Waals surface area (Å²) in [4.78, 5) is 10.4. The van der Waals surface area contributed by atoms with Gasteiger partial charge in [0.25, 0.3) is 0 Å². The molecule has 0 fully saturated rings. The quantitative estimate of drug-likeness (QED) is 0.703. The van der Waals surface area contributed by atoms with E-state index in [9.17, 15) is 4.79 Å². The van der Waals surface area contributed by atoms with Crippen molar-refractivity contribution in [2.24, 2.45) is 7.05 Å². The van der Waals surface area contributed by atoms with Crippen LogP contribution in [-0.4, -0.2) is 26.0 Å². The molecule has 0 amide bonds. The normalized spacial score (nSPS) is 10.7. The molecule has 0 radical (unpaired) electrons. The van der Waals surface area contributed by atoms with Crippen LogP contribution < -0.4 is 4.68 Å². The van der Waals surface area contributed by atoms with E-state index >= 15 is 0 Å². The summed E-state index contributed by atoms with van der Waals surface area (Å²) < 4.78 is 3.34. The van der Waals surface area contributed by atoms with Gasteiger partial charge in [-0.25, -0.2) is 0 Å². The SMILES string of the molecule is Cn1ncc2n[n+](CCC(=O)O)ccc21. The van der Waals surface area contributed by atoms with Crippen molar-refractivity contribution in [2.45, 2.75) is 13.0 Å². The third-order valence-electron chi connectivity index (χ3n) is 2.16. The topological polar surface area (TPSA) is 71.9 Å². The first kappa shape index (κ1) is 9.57. The molecular formula is C9H11N4O2+. The van der Waals surface area contributed by atoms with Gasteiger partial charge in [0.15, 0.2) is 18.3 Å². The van der Waals surface area contributed by atoms with Crippen molar-refractivity contribution in [3.05, 3.63) is 18.5 Å². The Morgan fingerprint density at radius 1 is 1.67 bits per heavy atom. The second-order valence-corrected chi connectivity index (χ2v) is 3.26. The van der Waals surface area contributed by atoms with Crippen LogP contribution in [-0.2, 0) is 18.4 Å². The van der Waals surface area contributed by atoms with Crippen LogP contribution in [0, 0.1) is 0 Å². The Balaban J connectivity index is 2.27. The molecule has 0 aliphatic heterocycles. The first-order valence-corrected chi connectivity index (χ1v) is 4.57. The smallest absolute Gasteiger partial charge is 0.309 e. The fourth-order valence-corrected chi connectivity index (χ4v) is 1.37. The van der Waals surface area contributed by atoms with Crippen LogP contribution in [0.15, 0.2) is 18.5 Å². The van der Waals surface area contributed by atoms with Crippen LogP contribution in [0.5, 0.6) is 0 Å². The number of hydrogen-bond donors (Lipinski definition) is 1. The van der Waals surface area contributed by atoms with Crippen molar-refractivity contribution in [3.63, 3.8) is 0 Å². The average Bonchev–Trinajstić information content (AvgIpc) is 2.57. The molecule has 2 rings (SSSR count). The molecule has 0 unspecified atom stereocenters. The Hall–Kier alpha value is -1.98. The summed E-state index contributed by atoms with van der Waals surface area (Å²) in [5.41, 5.74) is 1.70. The zero-order chi connectivity index (χ0) is 10.8. The third kappa shape index (κ3) is 1.93. The molecule has 2 aromatic heterocycles. The van der Waals surface area contributed by atoms with E-state index in [4.69, 9.17) is 5.11 Å². The first-order chi connectivity index (χ1) is 7.16. The van der Waals surface area contributed by atoms with E-state index in [1.54, 1.807) is 21.8 Å². The number of carboxylic acid groups (broad SMARTS) is 1. The highest BCUT2D eigenvalue weighted by atomic mass is 16.4. The molecule has 15 heavy (non-hydrogen) atoms. The number of rotatable bonds is 3. The van der Waals surface area contributed by atoms with Gasteiger partial charge in [0.1, 0.15) is 6.42 Å². The van der Waals surface area contributed by atoms with Gasteiger partial charge in [0.2, 0.25) is 0 Å². The maximum atomic E-state index is 10.4. The molecule has 0 aliphatic rings. The van der Waals surface area contributed by atoms with Crippen LogP contribution in [0.1, 0.15) is 6.42 Å². The minimum Gasteiger partial charge on any atom is -0.481 e. The Bertz CT molecular complexity index is 506. The molecular weight excluding hydrogens is 196 g/mol. The molecule has 6 heteroatoms. The first-order valence-electron chi connectivity index (χ1n) is 4.57. The summed E-state index contributed by atoms with van der Waals surface area (Å²) in [6.07, 6.45) is 3.49. The number of hydrogen-bond acceptors (Lipinski definition) is 3. The van der Waals surface area contributed by atoms with Gasteiger partial charge in [0.05, 0.1) is 11.7 Å². The molecule has 6 nitrogen and oxygen atoms in total. The van der Waals surface area contributed by atoms with Crippen molar-refractivity contribution in [2.75, 3.05) is 0 Å². The zero-order valence-corrected chi connectivity index (χ0v) is 8.29. The van der Waals surface area contributed by atoms with Crippen LogP contribution in [0.2, 0.25) is 0 Å². The Labute approximate surface area is 85.8 Å². The van der Waals surface area contributed by atoms with Gasteiger partial charge in [-0.2, -0.15) is 5.10 Å². The summed E-state index contributed by atoms with van der Waals surface area (Å²) in [5, 5.41) is 16.8. The van der Waals surface area contributed by atoms with E-state index in [1.807, 2.05) is 13.1 Å². The summed E-state index contributed by atoms with van der Waals surface area (Å²) in [7, 11) is 1.84. The lowest BCUT2D eigenvalue weighted by molar-refractivity contribution is -0.750. The lowest BCUT2D eigenvalue weighted by Gasteiger charge is -1.93. The minimum atomic E-state index is -0.824. The van der Waals surface area contributed by atoms with Crippen LogP contribution in [0.25, 0.3) is 11.0 Å². The van der Waals surface area contributed by atoms with E-state index < -0.39 is 5.97 Å². The van der Waals surface area contributed by atoms with Crippen LogP contribution >= 0.6 is 0 Å². The summed E-state index contributed by atoms with van der Waals surface area (Å²) >= 11 is 0. The van der Waals surface area contributed by atoms with Crippen molar-refractivity contribution in [1.82, 2.24) is 14.9 Å². The maximum absolute atomic E-state index is 10.4. The van der Waals surface area contributed by atoms with Crippen molar-refractivity contribution < 1.29 is 14.6 Å². The molecule has 0 spiro atoms. The fourth-order valence-electron chi connectivity index (χ4n) is 1.37. The standard InChI is InChI=1S/C9H10N4O2/c1-12-8-2-4-13(5-3-9(14)15)11-7(8)6-10-12/h2,4,6H,3,5H2,1H3/p+1. The molecule has 2 heterocycles. The van der Waals surface area contributed by atoms with Crippen LogP contribution in [0.3, 0.4) is 0 Å². The second-order valence-electron chi connectivity index (χ2n) is 3.26. The van der Waals surface area contributed by atoms with E-state index in [-0.39, 0.29) is 6.42 Å². The fraction of sp³-hybridized carbons (Fsp3) is 0.333. The highest BCUT2D eigenvalue weighted by Crippen LogP contribution is 2.05. The molecule has 0 saturated heterocycles. The van der Waals surface area contributed by atoms with Crippen molar-refractivity contribution >= 4 is 17.0 Å². The molecule has 2 aromatic rings. The predicted molar refractivity (Wildman–Crippen MR) is 51.0 cm³/mol. The molecule has 1 N–H and O–H groups in total. The maximum Gasteiger partial charge on any atom is 0.309 e. The highest BCUT2D eigenvalue weighted by molar-refractivity contribution is 5.72. The molecule has 0 saturated carbocycles. The van der Waals surface area contributed by atoms with Gasteiger partial charge in [-0.3, -0.25) is 9.48 Å². The van der Waals surface area contributed by atoms with E-state index in [1.165, 1.54) is 0 Å². The van der Waals surface area contributed by atoms with Gasteiger partial charge in [0, 0.05) is 18.2 Å². The highest BCUT2D eigenvalue weighted by Gasteiger charge is 2.09. The van der Waals surface area contributed by atoms with Gasteiger partial charge < -0.3 is 5.11 Å². The largest absolute Gasteiger partial charge is 0.481 e. The predicted octanol–water partition coefficient (Wildman–Crippen LogP) is -0.269. The van der Waals surface area contributed by atoms with Crippen molar-refractivity contribution in [1.29, 1.82) is 0 Å². The molecule has 0 atom stereocenters. The Kier molecular flexibility index (Phi) is 2.32. The van der Waals surface area contributed by atoms with Gasteiger partial charge in [-0.1, -0.05) is 4.68 Å². The third-order valence-corrected chi connectivity index (χ3v) is 2.16. The Morgan fingerprint density at radius 3 is 3.20 bits per heavy atom. The Morgan fingerprint density at radius 2 is 2.47 bits per heavy atom. The molecule has 78 valence electrons. The van der Waals surface area contributed by atoms with Crippen molar-refractivity contribution in [3.8, 4) is 0 Å². The average molecular weight is 207 g/mol. The zero-order valence-electron chi connectivity index (χ0n) is 8.29. The number of aryl methyl sites for hydroxylation is 2. The van der Waals surface area contributed by atoms with Crippen LogP contribution in [0.4, 0.5) is 0 Å². The summed E-state index contributed by atoms with van der Waals surface area (Å²) in [6, 6.07) is 1.87. The van der Waals surface area contributed by atoms with E-state index in [2.05, 4.69) is 10.2 Å². The summed E-state index contributed by atoms with van der Waals surface area (Å²) in [5.74, 6) is -0.824. The number of aliphatic carboxylic acids is 1. The monoisotopic (exact) mass is 207 g/mol. The number of carboxylic acids is 1. The lowest BCUT2D eigenvalue weighted by atomic mass is 10.4. The van der Waals surface area contributed by atoms with Gasteiger partial charge in [-0.15, -0.1) is 0 Å². The van der Waals surface area contributed by atoms with E-state index in [0.717, 1.165) is 11.0 Å². The molecule has 0 bridgehead atoms. The number of aromatic nitrogens is 4.